The van der Waals surface area contributed by atoms with Gasteiger partial charge in [-0.05, 0) is 52.7 Å². The zero-order chi connectivity index (χ0) is 22.3. The number of hydrogen-bond acceptors (Lipinski definition) is 5. The number of amides is 3. The molecule has 0 saturated carbocycles. The normalized spacial score (nSPS) is 14.8. The molecule has 8 heteroatoms. The average molecular weight is 420 g/mol. The third-order valence-electron chi connectivity index (χ3n) is 4.90. The molecule has 0 radical (unpaired) electrons. The largest absolute Gasteiger partial charge is 0.495 e. The minimum absolute atomic E-state index is 0.0281. The summed E-state index contributed by atoms with van der Waals surface area (Å²) in [5.41, 5.74) is 0.0246. The monoisotopic (exact) mass is 419 g/mol. The van der Waals surface area contributed by atoms with Crippen molar-refractivity contribution in [3.8, 4) is 5.75 Å². The van der Waals surface area contributed by atoms with Crippen LogP contribution in [0, 0.1) is 5.92 Å². The van der Waals surface area contributed by atoms with Crippen LogP contribution in [0.15, 0.2) is 24.3 Å². The highest BCUT2D eigenvalue weighted by atomic mass is 16.6. The Hall–Kier alpha value is -2.77. The maximum atomic E-state index is 12.9. The van der Waals surface area contributed by atoms with Crippen molar-refractivity contribution in [2.24, 2.45) is 5.92 Å². The van der Waals surface area contributed by atoms with Gasteiger partial charge >= 0.3 is 6.09 Å². The number of hydrogen-bond donors (Lipinski definition) is 1. The maximum Gasteiger partial charge on any atom is 0.410 e. The van der Waals surface area contributed by atoms with Gasteiger partial charge in [0.05, 0.1) is 19.3 Å². The third-order valence-corrected chi connectivity index (χ3v) is 4.90. The van der Waals surface area contributed by atoms with Crippen LogP contribution in [0.4, 0.5) is 10.5 Å². The summed E-state index contributed by atoms with van der Waals surface area (Å²) >= 11 is 0. The van der Waals surface area contributed by atoms with E-state index in [2.05, 4.69) is 5.32 Å². The Morgan fingerprint density at radius 2 is 1.80 bits per heavy atom. The Bertz CT molecular complexity index is 751. The number of rotatable bonds is 6. The molecule has 0 aliphatic carbocycles. The highest BCUT2D eigenvalue weighted by Crippen LogP contribution is 2.24. The molecule has 1 aromatic rings. The number of anilines is 1. The van der Waals surface area contributed by atoms with Gasteiger partial charge in [0.1, 0.15) is 11.4 Å². The molecule has 1 heterocycles. The number of methoxy groups -OCH3 is 1. The fourth-order valence-electron chi connectivity index (χ4n) is 3.35. The number of nitrogens with zero attached hydrogens (tertiary/aromatic N) is 2. The van der Waals surface area contributed by atoms with Crippen LogP contribution in [0.25, 0.3) is 0 Å². The summed E-state index contributed by atoms with van der Waals surface area (Å²) in [6.07, 6.45) is 0.766. The number of carbonyl (C=O) groups excluding carboxylic acids is 3. The lowest BCUT2D eigenvalue weighted by Crippen LogP contribution is -2.47. The van der Waals surface area contributed by atoms with Crippen molar-refractivity contribution in [3.05, 3.63) is 24.3 Å². The van der Waals surface area contributed by atoms with E-state index in [1.807, 2.05) is 33.8 Å². The van der Waals surface area contributed by atoms with E-state index in [4.69, 9.17) is 9.47 Å². The number of nitrogens with one attached hydrogen (secondary N) is 1. The fourth-order valence-corrected chi connectivity index (χ4v) is 3.35. The number of ether oxygens (including phenoxy) is 2. The van der Waals surface area contributed by atoms with E-state index in [0.29, 0.717) is 43.9 Å². The van der Waals surface area contributed by atoms with E-state index in [1.165, 1.54) is 7.11 Å². The lowest BCUT2D eigenvalue weighted by molar-refractivity contribution is -0.139. The predicted octanol–water partition coefficient (Wildman–Crippen LogP) is 3.13. The van der Waals surface area contributed by atoms with E-state index >= 15 is 0 Å². The Morgan fingerprint density at radius 3 is 2.37 bits per heavy atom. The van der Waals surface area contributed by atoms with Gasteiger partial charge in [-0.1, -0.05) is 12.1 Å². The predicted molar refractivity (Wildman–Crippen MR) is 114 cm³/mol. The molecule has 0 aromatic heterocycles. The number of likely N-dealkylation sites (N-methyl/N-ethyl adjacent to an activating group) is 1. The third kappa shape index (κ3) is 6.64. The van der Waals surface area contributed by atoms with E-state index in [0.717, 1.165) is 0 Å². The highest BCUT2D eigenvalue weighted by Gasteiger charge is 2.32. The second-order valence-electron chi connectivity index (χ2n) is 8.34. The minimum atomic E-state index is -0.544. The van der Waals surface area contributed by atoms with Crippen molar-refractivity contribution < 1.29 is 23.9 Å². The first-order valence-electron chi connectivity index (χ1n) is 10.3. The van der Waals surface area contributed by atoms with Crippen molar-refractivity contribution in [3.63, 3.8) is 0 Å². The molecule has 0 unspecified atom stereocenters. The minimum Gasteiger partial charge on any atom is -0.495 e. The van der Waals surface area contributed by atoms with Crippen molar-refractivity contribution in [1.82, 2.24) is 9.80 Å². The Morgan fingerprint density at radius 1 is 1.17 bits per heavy atom. The number of likely N-dealkylation sites (tertiary alicyclic amines) is 1. The lowest BCUT2D eigenvalue weighted by atomic mass is 9.95. The van der Waals surface area contributed by atoms with E-state index < -0.39 is 5.60 Å². The van der Waals surface area contributed by atoms with Crippen molar-refractivity contribution in [1.29, 1.82) is 0 Å². The molecule has 1 N–H and O–H groups in total. The average Bonchev–Trinajstić information content (AvgIpc) is 2.70. The van der Waals surface area contributed by atoms with Crippen LogP contribution in [0.1, 0.15) is 40.5 Å². The van der Waals surface area contributed by atoms with Gasteiger partial charge in [-0.15, -0.1) is 0 Å². The molecule has 1 aliphatic rings. The number of carbonyl (C=O) groups is 3. The maximum absolute atomic E-state index is 12.9. The molecule has 1 aromatic carbocycles. The van der Waals surface area contributed by atoms with Gasteiger partial charge in [0.25, 0.3) is 0 Å². The molecule has 1 aliphatic heterocycles. The summed E-state index contributed by atoms with van der Waals surface area (Å²) in [7, 11) is 1.54. The van der Waals surface area contributed by atoms with Gasteiger partial charge in [-0.25, -0.2) is 4.79 Å². The summed E-state index contributed by atoms with van der Waals surface area (Å²) in [5, 5.41) is 2.80. The molecular formula is C22H33N3O5. The molecule has 1 fully saturated rings. The first-order valence-corrected chi connectivity index (χ1v) is 10.3. The Labute approximate surface area is 178 Å². The van der Waals surface area contributed by atoms with Gasteiger partial charge in [0.2, 0.25) is 11.8 Å². The molecular weight excluding hydrogens is 386 g/mol. The topological polar surface area (TPSA) is 88.2 Å². The molecule has 0 bridgehead atoms. The van der Waals surface area contributed by atoms with Crippen LogP contribution in [-0.2, 0) is 14.3 Å². The summed E-state index contributed by atoms with van der Waals surface area (Å²) in [4.78, 5) is 40.8. The van der Waals surface area contributed by atoms with Crippen LogP contribution >= 0.6 is 0 Å². The van der Waals surface area contributed by atoms with Gasteiger partial charge in [-0.3, -0.25) is 9.59 Å². The van der Waals surface area contributed by atoms with E-state index in [1.54, 1.807) is 28.0 Å². The van der Waals surface area contributed by atoms with Crippen LogP contribution in [0.5, 0.6) is 5.75 Å². The van der Waals surface area contributed by atoms with Gasteiger partial charge in [0.15, 0.2) is 0 Å². The molecule has 1 saturated heterocycles. The van der Waals surface area contributed by atoms with Crippen molar-refractivity contribution in [2.45, 2.75) is 46.1 Å². The molecule has 30 heavy (non-hydrogen) atoms. The number of para-hydroxylation sites is 2. The van der Waals surface area contributed by atoms with Gasteiger partial charge in [0, 0.05) is 25.6 Å². The van der Waals surface area contributed by atoms with Crippen molar-refractivity contribution in [2.75, 3.05) is 38.6 Å². The summed E-state index contributed by atoms with van der Waals surface area (Å²) in [6, 6.07) is 7.14. The standard InChI is InChI=1S/C22H33N3O5/c1-6-24(15-19(26)23-17-9-7-8-10-18(17)29-5)20(27)16-11-13-25(14-12-16)21(28)30-22(2,3)4/h7-10,16H,6,11-15H2,1-5H3,(H,23,26). The SMILES string of the molecule is CCN(CC(=O)Nc1ccccc1OC)C(=O)C1CCN(C(=O)OC(C)(C)C)CC1. The molecule has 0 spiro atoms. The van der Waals surface area contributed by atoms with Crippen LogP contribution < -0.4 is 10.1 Å². The second-order valence-corrected chi connectivity index (χ2v) is 8.34. The summed E-state index contributed by atoms with van der Waals surface area (Å²) < 4.78 is 10.6. The Balaban J connectivity index is 1.89. The van der Waals surface area contributed by atoms with Gasteiger partial charge < -0.3 is 24.6 Å². The summed E-state index contributed by atoms with van der Waals surface area (Å²) in [5.74, 6) is 0.0230. The summed E-state index contributed by atoms with van der Waals surface area (Å²) in [6.45, 7) is 8.68. The molecule has 2 rings (SSSR count). The molecule has 0 atom stereocenters. The highest BCUT2D eigenvalue weighted by molar-refractivity contribution is 5.96. The smallest absolute Gasteiger partial charge is 0.410 e. The fraction of sp³-hybridized carbons (Fsp3) is 0.591. The van der Waals surface area contributed by atoms with E-state index in [9.17, 15) is 14.4 Å². The Kier molecular flexibility index (Phi) is 8.08. The zero-order valence-electron chi connectivity index (χ0n) is 18.6. The van der Waals surface area contributed by atoms with Gasteiger partial charge in [-0.2, -0.15) is 0 Å². The van der Waals surface area contributed by atoms with Crippen LogP contribution in [0.3, 0.4) is 0 Å². The first-order chi connectivity index (χ1) is 14.1. The molecule has 8 nitrogen and oxygen atoms in total. The number of benzene rings is 1. The van der Waals surface area contributed by atoms with Crippen LogP contribution in [0.2, 0.25) is 0 Å². The van der Waals surface area contributed by atoms with Crippen LogP contribution in [-0.4, -0.2) is 66.6 Å². The van der Waals surface area contributed by atoms with Crippen molar-refractivity contribution >= 4 is 23.6 Å². The first kappa shape index (κ1) is 23.5. The lowest BCUT2D eigenvalue weighted by Gasteiger charge is -2.34. The number of piperidine rings is 1. The quantitative estimate of drug-likeness (QED) is 0.765. The molecule has 166 valence electrons. The zero-order valence-corrected chi connectivity index (χ0v) is 18.6. The second kappa shape index (κ2) is 10.3. The van der Waals surface area contributed by atoms with E-state index in [-0.39, 0.29) is 30.4 Å². The molecule has 3 amide bonds.